The molecule has 17 heavy (non-hydrogen) atoms. The van der Waals surface area contributed by atoms with Gasteiger partial charge < -0.3 is 9.84 Å². The number of nitrogens with one attached hydrogen (secondary N) is 1. The van der Waals surface area contributed by atoms with Gasteiger partial charge in [0.15, 0.2) is 5.78 Å². The molecule has 0 atom stereocenters. The number of hydrogen-bond acceptors (Lipinski definition) is 4. The van der Waals surface area contributed by atoms with E-state index in [4.69, 9.17) is 4.52 Å². The van der Waals surface area contributed by atoms with Crippen molar-refractivity contribution < 1.29 is 9.32 Å². The SMILES string of the molecule is CNC(C)(C)C(=O)Cc1cc(C(C)(C)C)on1. The first-order valence-electron chi connectivity index (χ1n) is 5.85. The molecule has 1 aromatic heterocycles. The first-order chi connectivity index (χ1) is 7.66. The molecule has 0 bridgehead atoms. The van der Waals surface area contributed by atoms with E-state index in [2.05, 4.69) is 31.2 Å². The minimum atomic E-state index is -0.527. The lowest BCUT2D eigenvalue weighted by molar-refractivity contribution is -0.123. The third-order valence-electron chi connectivity index (χ3n) is 2.96. The molecule has 0 amide bonds. The van der Waals surface area contributed by atoms with E-state index >= 15 is 0 Å². The van der Waals surface area contributed by atoms with Gasteiger partial charge in [-0.25, -0.2) is 0 Å². The predicted octanol–water partition coefficient (Wildman–Crippen LogP) is 2.08. The second kappa shape index (κ2) is 4.61. The highest BCUT2D eigenvalue weighted by molar-refractivity contribution is 5.89. The molecule has 0 saturated carbocycles. The Bertz CT molecular complexity index is 400. The molecule has 4 heteroatoms. The van der Waals surface area contributed by atoms with Gasteiger partial charge in [0.05, 0.1) is 17.7 Å². The number of hydrogen-bond donors (Lipinski definition) is 1. The number of carbonyl (C=O) groups is 1. The van der Waals surface area contributed by atoms with Crippen LogP contribution in [-0.2, 0) is 16.6 Å². The Balaban J connectivity index is 2.77. The van der Waals surface area contributed by atoms with Crippen molar-refractivity contribution >= 4 is 5.78 Å². The lowest BCUT2D eigenvalue weighted by Gasteiger charge is -2.21. The van der Waals surface area contributed by atoms with Crippen LogP contribution >= 0.6 is 0 Å². The van der Waals surface area contributed by atoms with Crippen molar-refractivity contribution in [3.63, 3.8) is 0 Å². The summed E-state index contributed by atoms with van der Waals surface area (Å²) in [5.74, 6) is 0.913. The largest absolute Gasteiger partial charge is 0.361 e. The molecule has 0 saturated heterocycles. The van der Waals surface area contributed by atoms with Crippen LogP contribution in [0.25, 0.3) is 0 Å². The highest BCUT2D eigenvalue weighted by Gasteiger charge is 2.27. The van der Waals surface area contributed by atoms with Crippen LogP contribution < -0.4 is 5.32 Å². The third-order valence-corrected chi connectivity index (χ3v) is 2.96. The number of Topliss-reactive ketones (excluding diaryl/α,β-unsaturated/α-hetero) is 1. The van der Waals surface area contributed by atoms with Gasteiger partial charge in [0.1, 0.15) is 5.76 Å². The van der Waals surface area contributed by atoms with Crippen LogP contribution in [0.4, 0.5) is 0 Å². The molecule has 0 aliphatic heterocycles. The van der Waals surface area contributed by atoms with Crippen LogP contribution in [-0.4, -0.2) is 23.5 Å². The Morgan fingerprint density at radius 2 is 1.94 bits per heavy atom. The lowest BCUT2D eigenvalue weighted by atomic mass is 9.92. The molecule has 0 aliphatic rings. The molecule has 0 spiro atoms. The zero-order valence-corrected chi connectivity index (χ0v) is 11.5. The Kier molecular flexibility index (Phi) is 3.77. The van der Waals surface area contributed by atoms with E-state index in [0.29, 0.717) is 12.1 Å². The Labute approximate surface area is 103 Å². The van der Waals surface area contributed by atoms with E-state index in [0.717, 1.165) is 5.76 Å². The van der Waals surface area contributed by atoms with Gasteiger partial charge in [0.2, 0.25) is 0 Å². The van der Waals surface area contributed by atoms with Crippen molar-refractivity contribution in [2.24, 2.45) is 0 Å². The number of likely N-dealkylation sites (N-methyl/N-ethyl adjacent to an activating group) is 1. The van der Waals surface area contributed by atoms with Gasteiger partial charge in [-0.2, -0.15) is 0 Å². The second-order valence-corrected chi connectivity index (χ2v) is 5.91. The smallest absolute Gasteiger partial charge is 0.158 e. The van der Waals surface area contributed by atoms with E-state index in [1.807, 2.05) is 19.9 Å². The van der Waals surface area contributed by atoms with E-state index < -0.39 is 5.54 Å². The maximum Gasteiger partial charge on any atom is 0.158 e. The Hall–Kier alpha value is -1.16. The minimum Gasteiger partial charge on any atom is -0.361 e. The number of carbonyl (C=O) groups excluding carboxylic acids is 1. The molecule has 1 rings (SSSR count). The maximum atomic E-state index is 12.0. The zero-order chi connectivity index (χ0) is 13.3. The standard InChI is InChI=1S/C13H22N2O2/c1-12(2,3)11-8-9(15-17-11)7-10(16)13(4,5)14-6/h8,14H,7H2,1-6H3. The van der Waals surface area contributed by atoms with E-state index in [1.54, 1.807) is 7.05 Å². The minimum absolute atomic E-state index is 0.0766. The summed E-state index contributed by atoms with van der Waals surface area (Å²) in [6.45, 7) is 9.88. The molecule has 1 aromatic rings. The van der Waals surface area contributed by atoms with Crippen LogP contribution in [0.5, 0.6) is 0 Å². The number of nitrogens with zero attached hydrogens (tertiary/aromatic N) is 1. The molecule has 0 aliphatic carbocycles. The van der Waals surface area contributed by atoms with Gasteiger partial charge in [0, 0.05) is 11.5 Å². The highest BCUT2D eigenvalue weighted by Crippen LogP contribution is 2.23. The summed E-state index contributed by atoms with van der Waals surface area (Å²) in [5.41, 5.74) is 0.0939. The average molecular weight is 238 g/mol. The van der Waals surface area contributed by atoms with Crippen LogP contribution in [0.3, 0.4) is 0 Å². The van der Waals surface area contributed by atoms with Gasteiger partial charge in [-0.05, 0) is 20.9 Å². The molecule has 0 unspecified atom stereocenters. The molecule has 1 heterocycles. The van der Waals surface area contributed by atoms with Gasteiger partial charge in [-0.1, -0.05) is 25.9 Å². The van der Waals surface area contributed by atoms with Crippen LogP contribution in [0, 0.1) is 0 Å². The van der Waals surface area contributed by atoms with Crippen molar-refractivity contribution in [3.8, 4) is 0 Å². The zero-order valence-electron chi connectivity index (χ0n) is 11.5. The van der Waals surface area contributed by atoms with Gasteiger partial charge in [-0.3, -0.25) is 4.79 Å². The molecule has 4 nitrogen and oxygen atoms in total. The summed E-state index contributed by atoms with van der Waals surface area (Å²) in [5, 5.41) is 6.94. The first-order valence-corrected chi connectivity index (χ1v) is 5.85. The number of aromatic nitrogens is 1. The summed E-state index contributed by atoms with van der Waals surface area (Å²) in [4.78, 5) is 12.0. The van der Waals surface area contributed by atoms with Crippen molar-refractivity contribution in [2.75, 3.05) is 7.05 Å². The van der Waals surface area contributed by atoms with Gasteiger partial charge in [0.25, 0.3) is 0 Å². The fraction of sp³-hybridized carbons (Fsp3) is 0.692. The number of rotatable bonds is 4. The topological polar surface area (TPSA) is 55.1 Å². The molecule has 0 radical (unpaired) electrons. The monoisotopic (exact) mass is 238 g/mol. The van der Waals surface area contributed by atoms with Crippen molar-refractivity contribution in [1.29, 1.82) is 0 Å². The fourth-order valence-corrected chi connectivity index (χ4v) is 1.27. The summed E-state index contributed by atoms with van der Waals surface area (Å²) in [7, 11) is 1.78. The molecule has 1 N–H and O–H groups in total. The maximum absolute atomic E-state index is 12.0. The lowest BCUT2D eigenvalue weighted by Crippen LogP contribution is -2.45. The first kappa shape index (κ1) is 13.9. The fourth-order valence-electron chi connectivity index (χ4n) is 1.27. The predicted molar refractivity (Wildman–Crippen MR) is 67.1 cm³/mol. The van der Waals surface area contributed by atoms with Crippen LogP contribution in [0.15, 0.2) is 10.6 Å². The normalized spacial score (nSPS) is 12.8. The van der Waals surface area contributed by atoms with Crippen molar-refractivity contribution in [3.05, 3.63) is 17.5 Å². The van der Waals surface area contributed by atoms with Crippen LogP contribution in [0.1, 0.15) is 46.1 Å². The Morgan fingerprint density at radius 1 is 1.35 bits per heavy atom. The Morgan fingerprint density at radius 3 is 2.35 bits per heavy atom. The second-order valence-electron chi connectivity index (χ2n) is 5.91. The molecule has 0 aromatic carbocycles. The highest BCUT2D eigenvalue weighted by atomic mass is 16.5. The average Bonchev–Trinajstić information content (AvgIpc) is 2.65. The quantitative estimate of drug-likeness (QED) is 0.872. The van der Waals surface area contributed by atoms with Crippen LogP contribution in [0.2, 0.25) is 0 Å². The van der Waals surface area contributed by atoms with Gasteiger partial charge >= 0.3 is 0 Å². The summed E-state index contributed by atoms with van der Waals surface area (Å²) < 4.78 is 5.25. The number of ketones is 1. The molecule has 0 fully saturated rings. The molecular weight excluding hydrogens is 216 g/mol. The van der Waals surface area contributed by atoms with Crippen molar-refractivity contribution in [1.82, 2.24) is 10.5 Å². The summed E-state index contributed by atoms with van der Waals surface area (Å²) in [6, 6.07) is 1.86. The molecular formula is C13H22N2O2. The summed E-state index contributed by atoms with van der Waals surface area (Å²) >= 11 is 0. The third kappa shape index (κ3) is 3.40. The molecule has 96 valence electrons. The van der Waals surface area contributed by atoms with E-state index in [9.17, 15) is 4.79 Å². The van der Waals surface area contributed by atoms with Gasteiger partial charge in [-0.15, -0.1) is 0 Å². The summed E-state index contributed by atoms with van der Waals surface area (Å²) in [6.07, 6.45) is 0.299. The van der Waals surface area contributed by atoms with E-state index in [1.165, 1.54) is 0 Å². The van der Waals surface area contributed by atoms with E-state index in [-0.39, 0.29) is 11.2 Å². The van der Waals surface area contributed by atoms with Crippen molar-refractivity contribution in [2.45, 2.75) is 52.0 Å².